The van der Waals surface area contributed by atoms with Crippen LogP contribution in [0.4, 0.5) is 18.3 Å². The summed E-state index contributed by atoms with van der Waals surface area (Å²) in [5, 5.41) is 31.1. The zero-order valence-electron chi connectivity index (χ0n) is 14.4. The maximum absolute atomic E-state index is 12.8. The first-order valence-electron chi connectivity index (χ1n) is 8.72. The highest BCUT2D eigenvalue weighted by Crippen LogP contribution is 2.34. The van der Waals surface area contributed by atoms with Crippen LogP contribution < -0.4 is 4.90 Å². The molecule has 2 aliphatic rings. The van der Waals surface area contributed by atoms with Crippen molar-refractivity contribution in [3.8, 4) is 0 Å². The largest absolute Gasteiger partial charge is 0.434 e. The van der Waals surface area contributed by atoms with Gasteiger partial charge in [-0.25, -0.2) is 4.98 Å². The van der Waals surface area contributed by atoms with Crippen molar-refractivity contribution in [3.63, 3.8) is 0 Å². The smallest absolute Gasteiger partial charge is 0.389 e. The number of aromatic nitrogens is 1. The molecule has 2 saturated heterocycles. The highest BCUT2D eigenvalue weighted by molar-refractivity contribution is 7.13. The highest BCUT2D eigenvalue weighted by Gasteiger charge is 2.40. The number of aliphatic hydroxyl groups excluding tert-OH is 3. The van der Waals surface area contributed by atoms with E-state index in [9.17, 15) is 28.5 Å². The molecule has 0 aliphatic carbocycles. The van der Waals surface area contributed by atoms with Gasteiger partial charge < -0.3 is 20.2 Å². The first-order valence-corrected chi connectivity index (χ1v) is 9.60. The lowest BCUT2D eigenvalue weighted by Crippen LogP contribution is -2.61. The Labute approximate surface area is 153 Å². The Morgan fingerprint density at radius 2 is 1.96 bits per heavy atom. The van der Waals surface area contributed by atoms with Gasteiger partial charge in [0.25, 0.3) is 0 Å². The minimum Gasteiger partial charge on any atom is -0.389 e. The van der Waals surface area contributed by atoms with Gasteiger partial charge in [-0.05, 0) is 25.7 Å². The maximum Gasteiger partial charge on any atom is 0.434 e. The second kappa shape index (κ2) is 7.59. The normalized spacial score (nSPS) is 34.3. The summed E-state index contributed by atoms with van der Waals surface area (Å²) in [5.74, 6) is 0.194. The molecule has 6 nitrogen and oxygen atoms in total. The molecular weight excluding hydrogens is 371 g/mol. The van der Waals surface area contributed by atoms with Crippen molar-refractivity contribution in [2.24, 2.45) is 5.92 Å². The van der Waals surface area contributed by atoms with Gasteiger partial charge >= 0.3 is 6.18 Å². The van der Waals surface area contributed by atoms with Crippen molar-refractivity contribution in [2.75, 3.05) is 31.1 Å². The minimum absolute atomic E-state index is 0.194. The lowest BCUT2D eigenvalue weighted by atomic mass is 9.91. The van der Waals surface area contributed by atoms with Gasteiger partial charge in [0.2, 0.25) is 0 Å². The molecule has 0 radical (unpaired) electrons. The number of hydrogen-bond acceptors (Lipinski definition) is 7. The monoisotopic (exact) mass is 395 g/mol. The molecule has 2 fully saturated rings. The van der Waals surface area contributed by atoms with Gasteiger partial charge in [0.1, 0.15) is 6.10 Å². The molecule has 1 aromatic heterocycles. The van der Waals surface area contributed by atoms with Crippen LogP contribution in [0.25, 0.3) is 0 Å². The van der Waals surface area contributed by atoms with E-state index in [2.05, 4.69) is 4.98 Å². The third-order valence-corrected chi connectivity index (χ3v) is 6.20. The number of β-amino-alcohol motifs (C(OH)–C–C–N with tert-alkyl or cyclic N) is 1. The molecule has 3 N–H and O–H groups in total. The van der Waals surface area contributed by atoms with Gasteiger partial charge in [-0.3, -0.25) is 4.90 Å². The predicted octanol–water partition coefficient (Wildman–Crippen LogP) is 1.17. The number of aliphatic hydroxyl groups is 3. The Bertz CT molecular complexity index is 615. The SMILES string of the molecule is C[C@@H]1[C@@H](O)[C@H](O)[C@@H](O)CN1C[C@@H]1CCCN(c2nc(C(F)(F)F)cs2)C1. The van der Waals surface area contributed by atoms with Crippen LogP contribution >= 0.6 is 11.3 Å². The van der Waals surface area contributed by atoms with Crippen LogP contribution in [-0.2, 0) is 6.18 Å². The summed E-state index contributed by atoms with van der Waals surface area (Å²) in [7, 11) is 0. The molecule has 26 heavy (non-hydrogen) atoms. The summed E-state index contributed by atoms with van der Waals surface area (Å²) in [6, 6.07) is -0.291. The highest BCUT2D eigenvalue weighted by atomic mass is 32.1. The van der Waals surface area contributed by atoms with Gasteiger partial charge in [0.15, 0.2) is 10.8 Å². The number of halogens is 3. The van der Waals surface area contributed by atoms with E-state index in [1.807, 2.05) is 9.80 Å². The standard InChI is InChI=1S/C16H24F3N3O3S/c1-9-13(24)14(25)11(23)7-22(9)6-10-3-2-4-21(5-10)15-20-12(8-26-15)16(17,18)19/h8-11,13-14,23-25H,2-7H2,1H3/t9-,10-,11+,13-,14-/m1/s1. The van der Waals surface area contributed by atoms with E-state index in [0.717, 1.165) is 29.6 Å². The van der Waals surface area contributed by atoms with E-state index < -0.39 is 30.2 Å². The lowest BCUT2D eigenvalue weighted by Gasteiger charge is -2.44. The van der Waals surface area contributed by atoms with E-state index in [4.69, 9.17) is 0 Å². The van der Waals surface area contributed by atoms with Gasteiger partial charge in [-0.15, -0.1) is 11.3 Å². The topological polar surface area (TPSA) is 80.1 Å². The number of piperidine rings is 2. The molecule has 0 amide bonds. The quantitative estimate of drug-likeness (QED) is 0.713. The van der Waals surface area contributed by atoms with Crippen LogP contribution in [-0.4, -0.2) is 75.7 Å². The summed E-state index contributed by atoms with van der Waals surface area (Å²) in [5.41, 5.74) is -0.857. The second-order valence-electron chi connectivity index (χ2n) is 7.21. The fraction of sp³-hybridized carbons (Fsp3) is 0.812. The number of likely N-dealkylation sites (tertiary alicyclic amines) is 1. The molecule has 3 heterocycles. The van der Waals surface area contributed by atoms with E-state index >= 15 is 0 Å². The van der Waals surface area contributed by atoms with E-state index in [0.29, 0.717) is 24.8 Å². The number of alkyl halides is 3. The Morgan fingerprint density at radius 3 is 2.62 bits per heavy atom. The van der Waals surface area contributed by atoms with Gasteiger partial charge in [-0.1, -0.05) is 0 Å². The first-order chi connectivity index (χ1) is 12.2. The molecule has 5 atom stereocenters. The van der Waals surface area contributed by atoms with Gasteiger partial charge in [0.05, 0.1) is 12.2 Å². The van der Waals surface area contributed by atoms with E-state index in [-0.39, 0.29) is 18.5 Å². The molecule has 0 spiro atoms. The fourth-order valence-corrected chi connectivity index (χ4v) is 4.61. The first kappa shape index (κ1) is 19.8. The number of rotatable bonds is 3. The summed E-state index contributed by atoms with van der Waals surface area (Å²) in [6.45, 7) is 3.93. The van der Waals surface area contributed by atoms with Crippen molar-refractivity contribution >= 4 is 16.5 Å². The fourth-order valence-electron chi connectivity index (χ4n) is 3.74. The molecule has 148 valence electrons. The van der Waals surface area contributed by atoms with Crippen molar-refractivity contribution in [1.29, 1.82) is 0 Å². The number of hydrogen-bond donors (Lipinski definition) is 3. The van der Waals surface area contributed by atoms with Crippen molar-refractivity contribution in [1.82, 2.24) is 9.88 Å². The lowest BCUT2D eigenvalue weighted by molar-refractivity contribution is -0.140. The Kier molecular flexibility index (Phi) is 5.78. The summed E-state index contributed by atoms with van der Waals surface area (Å²) < 4.78 is 38.3. The van der Waals surface area contributed by atoms with Crippen LogP contribution in [0.3, 0.4) is 0 Å². The number of thiazole rings is 1. The molecule has 0 aromatic carbocycles. The van der Waals surface area contributed by atoms with Crippen LogP contribution in [0.15, 0.2) is 5.38 Å². The zero-order chi connectivity index (χ0) is 19.1. The molecule has 0 unspecified atom stereocenters. The average Bonchev–Trinajstić information content (AvgIpc) is 3.08. The predicted molar refractivity (Wildman–Crippen MR) is 91.1 cm³/mol. The van der Waals surface area contributed by atoms with Crippen LogP contribution in [0.1, 0.15) is 25.5 Å². The summed E-state index contributed by atoms with van der Waals surface area (Å²) in [4.78, 5) is 7.55. The second-order valence-corrected chi connectivity index (χ2v) is 8.05. The van der Waals surface area contributed by atoms with Gasteiger partial charge in [0, 0.05) is 37.6 Å². The molecule has 0 bridgehead atoms. The third kappa shape index (κ3) is 4.14. The van der Waals surface area contributed by atoms with Gasteiger partial charge in [-0.2, -0.15) is 13.2 Å². The van der Waals surface area contributed by atoms with Crippen molar-refractivity contribution < 1.29 is 28.5 Å². The molecule has 0 saturated carbocycles. The van der Waals surface area contributed by atoms with Crippen LogP contribution in [0.2, 0.25) is 0 Å². The summed E-state index contributed by atoms with van der Waals surface area (Å²) in [6.07, 6.45) is -5.84. The van der Waals surface area contributed by atoms with E-state index in [1.165, 1.54) is 0 Å². The number of anilines is 1. The molecular formula is C16H24F3N3O3S. The van der Waals surface area contributed by atoms with Crippen molar-refractivity contribution in [2.45, 2.75) is 50.3 Å². The van der Waals surface area contributed by atoms with Crippen molar-refractivity contribution in [3.05, 3.63) is 11.1 Å². The minimum atomic E-state index is -4.43. The van der Waals surface area contributed by atoms with E-state index in [1.54, 1.807) is 6.92 Å². The maximum atomic E-state index is 12.8. The van der Waals surface area contributed by atoms with Crippen LogP contribution in [0, 0.1) is 5.92 Å². The average molecular weight is 395 g/mol. The summed E-state index contributed by atoms with van der Waals surface area (Å²) >= 11 is 1.00. The Hall–Kier alpha value is -0.940. The van der Waals surface area contributed by atoms with Crippen LogP contribution in [0.5, 0.6) is 0 Å². The molecule has 3 rings (SSSR count). The Morgan fingerprint density at radius 1 is 1.23 bits per heavy atom. The number of nitrogens with zero attached hydrogens (tertiary/aromatic N) is 3. The Balaban J connectivity index is 1.63. The third-order valence-electron chi connectivity index (χ3n) is 5.30. The molecule has 2 aliphatic heterocycles. The molecule has 10 heteroatoms. The zero-order valence-corrected chi connectivity index (χ0v) is 15.2. The molecule has 1 aromatic rings.